The molecule has 7 saturated heterocycles. The fraction of sp³-hybridized carbons (Fsp3) is 0.629. The molecule has 0 aromatic carbocycles. The first-order chi connectivity index (χ1) is 67.7. The fourth-order valence-corrected chi connectivity index (χ4v) is 18.6. The van der Waals surface area contributed by atoms with E-state index >= 15 is 0 Å². The second-order valence-electron chi connectivity index (χ2n) is 42.0. The zero-order valence-corrected chi connectivity index (χ0v) is 90.3. The predicted molar refractivity (Wildman–Crippen MR) is 557 cm³/mol. The molecular formula is C105H160Cl2F3N25O9. The van der Waals surface area contributed by atoms with Gasteiger partial charge in [-0.05, 0) is 290 Å². The number of aliphatic hydroxyl groups excluding tert-OH is 2. The van der Waals surface area contributed by atoms with Gasteiger partial charge in [0, 0.05) is 218 Å². The second-order valence-corrected chi connectivity index (χ2v) is 42.8. The van der Waals surface area contributed by atoms with E-state index in [0.29, 0.717) is 112 Å². The molecule has 6 unspecified atom stereocenters. The van der Waals surface area contributed by atoms with Gasteiger partial charge in [0.15, 0.2) is 5.69 Å². The lowest BCUT2D eigenvalue weighted by atomic mass is 9.88. The Kier molecular flexibility index (Phi) is 45.8. The standard InChI is InChI=1S/C16H26N4O.C15H22ClN3O.C15H20F3N3O2.2C15H24N4O.C15H23N3O2.C14H21ClN4O/c1-11(2)20-8-6-16(5,7-9-20)19-15(21)14-13(4)17-10-12(3)18-14;1-11(2)19-9-6-15(3,7-10-19)18-14(20)13-12(16)5-4-8-17-13;1-9(2)21-7-5-11(12(22)8-21)20-14(23)13-10(15(16,17)18)4-3-6-19-13;1-11(2)19-9-5-15(4,6-10-19)18-14(20)13-12(3)16-7-8-17-13;1-11(2)19-9-6-15(4,7-10-19)17-14(20)13-12(3)5-8-16-18-13;1-10(2)18-8-6-12(13(19)9-18)17-15(20)14-11(3)5-4-7-16-14;1-9(2)19-7-5-12(11(16)8-19)18-14(20)13-10(15)4-3-6-17-13/h10-11H,6-9H2,1-5H3,(H,19,21);4-5,8,11H,6-7,9-10H2,1-3H3,(H,18,20);3-4,6,9,11-12,22H,5,7-8H2,1-2H3,(H,20,23);7-8,11H,5-6,9-10H2,1-4H3,(H,18,20);5,8,11H,6-7,9-10H2,1-4H3,(H,17,20);4-5,7,10,12-13,19H,6,8-9H2,1-3H3,(H,17,20);3-4,6,9,11-12H,5,7-8,16H2,1-2H3,(H,18,20). The predicted octanol–water partition coefficient (Wildman–Crippen LogP) is 12.3. The highest BCUT2D eigenvalue weighted by Crippen LogP contribution is 2.33. The molecule has 0 aliphatic carbocycles. The Labute approximate surface area is 860 Å². The number of aliphatic hydroxyl groups is 2. The van der Waals surface area contributed by atoms with E-state index in [-0.39, 0.29) is 87.5 Å². The maximum atomic E-state index is 12.9. The first-order valence-corrected chi connectivity index (χ1v) is 51.5. The number of alkyl halides is 3. The van der Waals surface area contributed by atoms with Crippen LogP contribution in [0.15, 0.2) is 104 Å². The number of aryl methyl sites for hydroxylation is 5. The van der Waals surface area contributed by atoms with E-state index in [1.165, 1.54) is 0 Å². The molecule has 6 atom stereocenters. The summed E-state index contributed by atoms with van der Waals surface area (Å²) in [4.78, 5) is 135. The minimum absolute atomic E-state index is 0.0319. The second kappa shape index (κ2) is 55.2. The van der Waals surface area contributed by atoms with Gasteiger partial charge in [-0.2, -0.15) is 18.3 Å². The van der Waals surface area contributed by atoms with E-state index < -0.39 is 41.6 Å². The van der Waals surface area contributed by atoms with Gasteiger partial charge in [-0.1, -0.05) is 29.3 Å². The number of carbonyl (C=O) groups is 7. The summed E-state index contributed by atoms with van der Waals surface area (Å²) >= 11 is 12.0. The average Bonchev–Trinajstić information content (AvgIpc) is 0.790. The average molecular weight is 2040 g/mol. The third-order valence-corrected chi connectivity index (χ3v) is 28.9. The van der Waals surface area contributed by atoms with Crippen LogP contribution in [0.4, 0.5) is 13.2 Å². The number of aromatic nitrogens is 10. The Morgan fingerprint density at radius 2 is 0.681 bits per heavy atom. The van der Waals surface area contributed by atoms with Crippen molar-refractivity contribution >= 4 is 64.6 Å². The molecule has 7 aliphatic rings. The Balaban J connectivity index is 0.000000205. The Morgan fingerprint density at radius 1 is 0.368 bits per heavy atom. The summed E-state index contributed by atoms with van der Waals surface area (Å²) in [7, 11) is 0. The number of nitrogens with two attached hydrogens (primary N) is 1. The topological polar surface area (TPSA) is 422 Å². The van der Waals surface area contributed by atoms with Gasteiger partial charge in [0.25, 0.3) is 41.4 Å². The van der Waals surface area contributed by atoms with Crippen LogP contribution in [0.3, 0.4) is 0 Å². The van der Waals surface area contributed by atoms with Crippen LogP contribution in [0.1, 0.15) is 302 Å². The van der Waals surface area contributed by atoms with Gasteiger partial charge in [0.05, 0.1) is 57.0 Å². The monoisotopic (exact) mass is 2040 g/mol. The lowest BCUT2D eigenvalue weighted by Gasteiger charge is -2.41. The van der Waals surface area contributed by atoms with Crippen LogP contribution >= 0.6 is 23.2 Å². The van der Waals surface area contributed by atoms with Crippen molar-refractivity contribution in [2.75, 3.05) is 91.6 Å². The molecule has 794 valence electrons. The number of likely N-dealkylation sites (tertiary alicyclic amines) is 7. The van der Waals surface area contributed by atoms with Crippen molar-refractivity contribution < 1.29 is 56.9 Å². The summed E-state index contributed by atoms with van der Waals surface area (Å²) in [5, 5.41) is 49.7. The summed E-state index contributed by atoms with van der Waals surface area (Å²) in [5.74, 6) is -1.90. The zero-order valence-electron chi connectivity index (χ0n) is 88.8. The Bertz CT molecular complexity index is 4980. The Morgan fingerprint density at radius 3 is 1.06 bits per heavy atom. The summed E-state index contributed by atoms with van der Waals surface area (Å²) in [6.07, 6.45) is 16.1. The number of pyridine rings is 4. The highest BCUT2D eigenvalue weighted by atomic mass is 35.5. The number of piperidine rings is 7. The normalized spacial score (nSPS) is 21.0. The van der Waals surface area contributed by atoms with Gasteiger partial charge in [0.1, 0.15) is 34.2 Å². The molecule has 0 bridgehead atoms. The molecule has 7 aromatic heterocycles. The zero-order chi connectivity index (χ0) is 106. The van der Waals surface area contributed by atoms with Crippen LogP contribution in [0, 0.1) is 34.6 Å². The van der Waals surface area contributed by atoms with Gasteiger partial charge in [0.2, 0.25) is 0 Å². The number of nitrogens with zero attached hydrogens (tertiary/aromatic N) is 17. The molecule has 7 fully saturated rings. The van der Waals surface area contributed by atoms with Gasteiger partial charge < -0.3 is 72.8 Å². The molecule has 0 radical (unpaired) electrons. The van der Waals surface area contributed by atoms with E-state index in [9.17, 15) is 56.9 Å². The molecule has 34 nitrogen and oxygen atoms in total. The quantitative estimate of drug-likeness (QED) is 0.0319. The van der Waals surface area contributed by atoms with Gasteiger partial charge in [-0.15, -0.1) is 5.10 Å². The van der Waals surface area contributed by atoms with Crippen molar-refractivity contribution in [1.82, 2.24) is 122 Å². The van der Waals surface area contributed by atoms with Crippen molar-refractivity contribution in [2.45, 2.75) is 337 Å². The summed E-state index contributed by atoms with van der Waals surface area (Å²) in [5.41, 5.74) is 9.94. The van der Waals surface area contributed by atoms with Gasteiger partial charge >= 0.3 is 6.18 Å². The Hall–Kier alpha value is -9.90. The van der Waals surface area contributed by atoms with Gasteiger partial charge in [-0.3, -0.25) is 68.2 Å². The number of hydrogen-bond donors (Lipinski definition) is 10. The highest BCUT2D eigenvalue weighted by Gasteiger charge is 2.42. The van der Waals surface area contributed by atoms with Crippen LogP contribution in [0.5, 0.6) is 0 Å². The molecule has 0 saturated carbocycles. The van der Waals surface area contributed by atoms with Crippen molar-refractivity contribution in [3.8, 4) is 0 Å². The van der Waals surface area contributed by atoms with Crippen molar-refractivity contribution in [3.05, 3.63) is 188 Å². The molecule has 11 N–H and O–H groups in total. The van der Waals surface area contributed by atoms with Crippen LogP contribution in [0.2, 0.25) is 10.0 Å². The third kappa shape index (κ3) is 36.3. The maximum Gasteiger partial charge on any atom is 0.418 e. The molecule has 7 aromatic rings. The van der Waals surface area contributed by atoms with Crippen LogP contribution in [-0.2, 0) is 6.18 Å². The molecule has 14 heterocycles. The molecule has 7 aliphatic heterocycles. The minimum Gasteiger partial charge on any atom is -0.390 e. The number of halogens is 5. The first-order valence-electron chi connectivity index (χ1n) is 50.8. The van der Waals surface area contributed by atoms with Crippen LogP contribution in [-0.4, -0.2) is 328 Å². The highest BCUT2D eigenvalue weighted by molar-refractivity contribution is 6.34. The number of hydrogen-bond acceptors (Lipinski definition) is 27. The van der Waals surface area contributed by atoms with E-state index in [1.54, 1.807) is 67.6 Å². The first kappa shape index (κ1) is 119. The molecular weight excluding hydrogens is 1880 g/mol. The molecule has 14 rings (SSSR count). The largest absolute Gasteiger partial charge is 0.418 e. The van der Waals surface area contributed by atoms with Crippen LogP contribution < -0.4 is 43.0 Å². The molecule has 7 amide bonds. The van der Waals surface area contributed by atoms with E-state index in [4.69, 9.17) is 28.9 Å². The maximum absolute atomic E-state index is 12.9. The molecule has 0 spiro atoms. The number of rotatable bonds is 21. The number of β-amino-alcohol motifs (C(OH)–C–C–N with tert-alkyl or cyclic N) is 2. The number of nitrogens with one attached hydrogen (secondary N) is 7. The van der Waals surface area contributed by atoms with E-state index in [1.807, 2.05) is 66.7 Å². The molecule has 144 heavy (non-hydrogen) atoms. The lowest BCUT2D eigenvalue weighted by molar-refractivity contribution is -0.138. The minimum atomic E-state index is -4.65. The van der Waals surface area contributed by atoms with Crippen LogP contribution in [0.25, 0.3) is 0 Å². The summed E-state index contributed by atoms with van der Waals surface area (Å²) in [6.45, 7) is 60.3. The van der Waals surface area contributed by atoms with Crippen molar-refractivity contribution in [3.63, 3.8) is 0 Å². The lowest BCUT2D eigenvalue weighted by Crippen LogP contribution is -2.59. The van der Waals surface area contributed by atoms with Crippen molar-refractivity contribution in [1.29, 1.82) is 0 Å². The number of carbonyl (C=O) groups excluding carboxylic acids is 7. The number of amides is 7. The van der Waals surface area contributed by atoms with E-state index in [0.717, 1.165) is 171 Å². The summed E-state index contributed by atoms with van der Waals surface area (Å²) < 4.78 is 38.8. The van der Waals surface area contributed by atoms with E-state index in [2.05, 4.69) is 232 Å². The molecule has 39 heteroatoms. The smallest absolute Gasteiger partial charge is 0.390 e. The SMILES string of the molecule is CC(C)N1CCC(C)(NC(=O)c2ncccc2Cl)CC1.CC(C)N1CCC(NC(=O)c2ncccc2C(F)(F)F)C(O)C1.CC(C)N1CCC(NC(=O)c2ncccc2Cl)C(N)C1.Cc1cccnc1C(=O)NC1CCN(C(C)C)CC1O.Cc1ccnnc1C(=O)NC1(C)CCN(C(C)C)CC1.Cc1cnc(C)c(C(=O)NC2(C)CCN(C(C)C)CC2)n1.Cc1nccnc1C(=O)NC1(C)CCN(C(C)C)CC1. The fourth-order valence-electron chi connectivity index (χ4n) is 18.2. The van der Waals surface area contributed by atoms with Gasteiger partial charge in [-0.25, -0.2) is 19.9 Å². The summed E-state index contributed by atoms with van der Waals surface area (Å²) in [6, 6.07) is 16.7. The third-order valence-electron chi connectivity index (χ3n) is 28.3. The van der Waals surface area contributed by atoms with Crippen molar-refractivity contribution in [2.24, 2.45) is 5.73 Å².